The number of piperidine rings is 1. The molecule has 32 heavy (non-hydrogen) atoms. The van der Waals surface area contributed by atoms with Gasteiger partial charge in [0.1, 0.15) is 0 Å². The van der Waals surface area contributed by atoms with Crippen LogP contribution in [0.4, 0.5) is 0 Å². The number of likely N-dealkylation sites (tertiary alicyclic amines) is 1. The zero-order valence-corrected chi connectivity index (χ0v) is 20.2. The van der Waals surface area contributed by atoms with Crippen LogP contribution in [0.2, 0.25) is 5.02 Å². The summed E-state index contributed by atoms with van der Waals surface area (Å²) >= 11 is 6.01. The Morgan fingerprint density at radius 1 is 1.00 bits per heavy atom. The van der Waals surface area contributed by atoms with Gasteiger partial charge in [-0.15, -0.1) is 0 Å². The van der Waals surface area contributed by atoms with Crippen molar-refractivity contribution >= 4 is 23.6 Å². The van der Waals surface area contributed by atoms with Gasteiger partial charge >= 0.3 is 0 Å². The summed E-state index contributed by atoms with van der Waals surface area (Å²) in [6, 6.07) is 15.6. The van der Waals surface area contributed by atoms with Gasteiger partial charge in [-0.3, -0.25) is 4.79 Å². The number of halogens is 1. The number of carbonyl (C=O) groups is 1. The summed E-state index contributed by atoms with van der Waals surface area (Å²) in [5, 5.41) is 0.778. The van der Waals surface area contributed by atoms with Crippen LogP contribution in [0.25, 0.3) is 6.08 Å². The van der Waals surface area contributed by atoms with Gasteiger partial charge in [0.2, 0.25) is 5.91 Å². The molecule has 0 aromatic heterocycles. The summed E-state index contributed by atoms with van der Waals surface area (Å²) in [6.07, 6.45) is 8.91. The lowest BCUT2D eigenvalue weighted by atomic mass is 9.89. The predicted molar refractivity (Wildman–Crippen MR) is 134 cm³/mol. The van der Waals surface area contributed by atoms with E-state index in [-0.39, 0.29) is 5.91 Å². The predicted octanol–water partition coefficient (Wildman–Crippen LogP) is 5.96. The molecule has 2 aromatic rings. The van der Waals surface area contributed by atoms with Crippen LogP contribution in [0.3, 0.4) is 0 Å². The number of rotatable bonds is 5. The van der Waals surface area contributed by atoms with Crippen LogP contribution in [0, 0.1) is 0 Å². The highest BCUT2D eigenvalue weighted by molar-refractivity contribution is 6.30. The molecule has 0 radical (unpaired) electrons. The second kappa shape index (κ2) is 10.7. The highest BCUT2D eigenvalue weighted by atomic mass is 35.5. The highest BCUT2D eigenvalue weighted by Gasteiger charge is 2.23. The van der Waals surface area contributed by atoms with Gasteiger partial charge in [-0.05, 0) is 79.8 Å². The van der Waals surface area contributed by atoms with E-state index in [0.29, 0.717) is 18.4 Å². The molecule has 4 heteroatoms. The van der Waals surface area contributed by atoms with E-state index in [0.717, 1.165) is 56.9 Å². The van der Waals surface area contributed by atoms with Gasteiger partial charge in [-0.25, -0.2) is 0 Å². The van der Waals surface area contributed by atoms with Gasteiger partial charge < -0.3 is 9.80 Å². The molecule has 2 heterocycles. The maximum atomic E-state index is 12.7. The first-order valence-electron chi connectivity index (χ1n) is 12.1. The molecule has 2 aromatic carbocycles. The molecule has 0 bridgehead atoms. The van der Waals surface area contributed by atoms with Gasteiger partial charge in [-0.2, -0.15) is 0 Å². The quantitative estimate of drug-likeness (QED) is 0.561. The van der Waals surface area contributed by atoms with Crippen molar-refractivity contribution in [3.05, 3.63) is 75.8 Å². The van der Waals surface area contributed by atoms with Crippen molar-refractivity contribution in [2.24, 2.45) is 0 Å². The summed E-state index contributed by atoms with van der Waals surface area (Å²) in [7, 11) is 0. The SMILES string of the molecule is CC(C)N1CCc2ccc(/C=C/CC(=O)N3CCC(c4ccc(Cl)cc4)CC3)cc2CC1. The largest absolute Gasteiger partial charge is 0.342 e. The van der Waals surface area contributed by atoms with Gasteiger partial charge in [0.05, 0.1) is 0 Å². The Morgan fingerprint density at radius 2 is 1.69 bits per heavy atom. The van der Waals surface area contributed by atoms with Crippen molar-refractivity contribution in [2.45, 2.75) is 57.9 Å². The summed E-state index contributed by atoms with van der Waals surface area (Å²) in [6.45, 7) is 8.50. The third-order valence-corrected chi connectivity index (χ3v) is 7.34. The van der Waals surface area contributed by atoms with Crippen LogP contribution in [0.1, 0.15) is 61.3 Å². The molecule has 2 aliphatic heterocycles. The Hall–Kier alpha value is -2.10. The first-order valence-corrected chi connectivity index (χ1v) is 12.4. The van der Waals surface area contributed by atoms with Crippen molar-refractivity contribution in [1.29, 1.82) is 0 Å². The van der Waals surface area contributed by atoms with Gasteiger partial charge in [0, 0.05) is 43.7 Å². The third kappa shape index (κ3) is 5.82. The Kier molecular flexibility index (Phi) is 7.70. The van der Waals surface area contributed by atoms with E-state index >= 15 is 0 Å². The maximum Gasteiger partial charge on any atom is 0.226 e. The van der Waals surface area contributed by atoms with Crippen LogP contribution >= 0.6 is 11.6 Å². The van der Waals surface area contributed by atoms with Crippen LogP contribution < -0.4 is 0 Å². The Bertz CT molecular complexity index is 942. The average Bonchev–Trinajstić information content (AvgIpc) is 3.02. The lowest BCUT2D eigenvalue weighted by molar-refractivity contribution is -0.131. The Balaban J connectivity index is 1.27. The first kappa shape index (κ1) is 23.1. The number of nitrogens with zero attached hydrogens (tertiary/aromatic N) is 2. The summed E-state index contributed by atoms with van der Waals surface area (Å²) in [5.74, 6) is 0.760. The summed E-state index contributed by atoms with van der Waals surface area (Å²) in [4.78, 5) is 17.3. The van der Waals surface area contributed by atoms with E-state index in [1.807, 2.05) is 23.1 Å². The number of hydrogen-bond donors (Lipinski definition) is 0. The zero-order chi connectivity index (χ0) is 22.5. The highest BCUT2D eigenvalue weighted by Crippen LogP contribution is 2.29. The zero-order valence-electron chi connectivity index (χ0n) is 19.4. The molecule has 1 saturated heterocycles. The number of carbonyl (C=O) groups excluding carboxylic acids is 1. The fourth-order valence-electron chi connectivity index (χ4n) is 5.00. The lowest BCUT2D eigenvalue weighted by Crippen LogP contribution is -2.37. The molecule has 0 spiro atoms. The van der Waals surface area contributed by atoms with Crippen molar-refractivity contribution in [1.82, 2.24) is 9.80 Å². The molecule has 0 aliphatic carbocycles. The number of hydrogen-bond acceptors (Lipinski definition) is 2. The topological polar surface area (TPSA) is 23.6 Å². The molecule has 1 amide bonds. The molecule has 3 nitrogen and oxygen atoms in total. The maximum absolute atomic E-state index is 12.7. The minimum Gasteiger partial charge on any atom is -0.342 e. The van der Waals surface area contributed by atoms with Gasteiger partial charge in [0.15, 0.2) is 0 Å². The van der Waals surface area contributed by atoms with E-state index in [1.54, 1.807) is 0 Å². The lowest BCUT2D eigenvalue weighted by Gasteiger charge is -2.32. The Morgan fingerprint density at radius 3 is 2.38 bits per heavy atom. The van der Waals surface area contributed by atoms with E-state index in [2.05, 4.69) is 55.2 Å². The normalized spacial score (nSPS) is 18.2. The number of amides is 1. The average molecular weight is 451 g/mol. The summed E-state index contributed by atoms with van der Waals surface area (Å²) in [5.41, 5.74) is 5.48. The van der Waals surface area contributed by atoms with Gasteiger partial charge in [-0.1, -0.05) is 54.1 Å². The van der Waals surface area contributed by atoms with E-state index in [9.17, 15) is 4.79 Å². The second-order valence-corrected chi connectivity index (χ2v) is 9.91. The molecule has 2 aliphatic rings. The molecule has 0 unspecified atom stereocenters. The monoisotopic (exact) mass is 450 g/mol. The number of fused-ring (bicyclic) bond motifs is 1. The van der Waals surface area contributed by atoms with Crippen LogP contribution in [0.5, 0.6) is 0 Å². The minimum absolute atomic E-state index is 0.234. The third-order valence-electron chi connectivity index (χ3n) is 7.09. The molecule has 0 atom stereocenters. The van der Waals surface area contributed by atoms with E-state index in [1.165, 1.54) is 22.3 Å². The van der Waals surface area contributed by atoms with Crippen LogP contribution in [0.15, 0.2) is 48.5 Å². The molecular formula is C28H35ClN2O. The molecule has 0 N–H and O–H groups in total. The minimum atomic E-state index is 0.234. The molecule has 170 valence electrons. The second-order valence-electron chi connectivity index (χ2n) is 9.47. The van der Waals surface area contributed by atoms with E-state index in [4.69, 9.17) is 11.6 Å². The smallest absolute Gasteiger partial charge is 0.226 e. The van der Waals surface area contributed by atoms with Crippen LogP contribution in [-0.4, -0.2) is 47.9 Å². The fourth-order valence-corrected chi connectivity index (χ4v) is 5.13. The van der Waals surface area contributed by atoms with E-state index < -0.39 is 0 Å². The van der Waals surface area contributed by atoms with Crippen molar-refractivity contribution < 1.29 is 4.79 Å². The first-order chi connectivity index (χ1) is 15.5. The van der Waals surface area contributed by atoms with Crippen molar-refractivity contribution in [3.8, 4) is 0 Å². The van der Waals surface area contributed by atoms with Crippen LogP contribution in [-0.2, 0) is 17.6 Å². The standard InChI is InChI=1S/C28H35ClN2O/c1-21(2)30-16-12-24-7-6-22(20-26(24)15-17-30)4-3-5-28(32)31-18-13-25(14-19-31)23-8-10-27(29)11-9-23/h3-4,6-11,20-21,25H,5,12-19H2,1-2H3/b4-3+. The van der Waals surface area contributed by atoms with Crippen molar-refractivity contribution in [3.63, 3.8) is 0 Å². The fraction of sp³-hybridized carbons (Fsp3) is 0.464. The Labute approximate surface area is 198 Å². The molecule has 0 saturated carbocycles. The molecule has 1 fully saturated rings. The number of benzene rings is 2. The summed E-state index contributed by atoms with van der Waals surface area (Å²) < 4.78 is 0. The van der Waals surface area contributed by atoms with Crippen molar-refractivity contribution in [2.75, 3.05) is 26.2 Å². The molecule has 4 rings (SSSR count). The van der Waals surface area contributed by atoms with Gasteiger partial charge in [0.25, 0.3) is 0 Å². The molecular weight excluding hydrogens is 416 g/mol.